The number of hydrogen-bond acceptors (Lipinski definition) is 3. The van der Waals surface area contributed by atoms with Crippen LogP contribution >= 0.6 is 0 Å². The van der Waals surface area contributed by atoms with Crippen molar-refractivity contribution in [2.24, 2.45) is 0 Å². The number of carbonyl (C=O) groups is 1. The second-order valence-corrected chi connectivity index (χ2v) is 4.72. The van der Waals surface area contributed by atoms with E-state index in [-0.39, 0.29) is 11.9 Å². The molecular weight excluding hydrogens is 240 g/mol. The number of carbonyl (C=O) groups excluding carboxylic acids is 1. The fourth-order valence-electron chi connectivity index (χ4n) is 2.02. The van der Waals surface area contributed by atoms with Gasteiger partial charge in [0.15, 0.2) is 0 Å². The monoisotopic (exact) mass is 258 g/mol. The van der Waals surface area contributed by atoms with E-state index >= 15 is 0 Å². The van der Waals surface area contributed by atoms with Gasteiger partial charge < -0.3 is 5.32 Å². The summed E-state index contributed by atoms with van der Waals surface area (Å²) in [5.41, 5.74) is 3.52. The third-order valence-corrected chi connectivity index (χ3v) is 2.96. The van der Waals surface area contributed by atoms with Crippen LogP contribution in [0.5, 0.6) is 0 Å². The summed E-state index contributed by atoms with van der Waals surface area (Å²) >= 11 is 0. The molecular formula is C14H18N4O. The molecule has 2 aromatic rings. The molecule has 5 nitrogen and oxygen atoms in total. The lowest BCUT2D eigenvalue weighted by Crippen LogP contribution is -2.25. The van der Waals surface area contributed by atoms with Crippen molar-refractivity contribution < 1.29 is 4.79 Å². The van der Waals surface area contributed by atoms with E-state index in [2.05, 4.69) is 15.4 Å². The van der Waals surface area contributed by atoms with Gasteiger partial charge in [-0.3, -0.25) is 14.5 Å². The van der Waals surface area contributed by atoms with Crippen molar-refractivity contribution in [3.8, 4) is 0 Å². The molecule has 0 aliphatic carbocycles. The number of rotatable bonds is 3. The van der Waals surface area contributed by atoms with Crippen molar-refractivity contribution in [3.63, 3.8) is 0 Å². The maximum atomic E-state index is 12.2. The van der Waals surface area contributed by atoms with E-state index in [0.717, 1.165) is 22.8 Å². The minimum Gasteiger partial charge on any atom is -0.324 e. The molecule has 0 aliphatic rings. The summed E-state index contributed by atoms with van der Waals surface area (Å²) < 4.78 is 1.73. The minimum absolute atomic E-state index is 0.0863. The maximum Gasteiger partial charge on any atom is 0.248 e. The third kappa shape index (κ3) is 2.99. The number of hydrogen-bond donors (Lipinski definition) is 1. The number of nitrogens with one attached hydrogen (secondary N) is 1. The summed E-state index contributed by atoms with van der Waals surface area (Å²) in [5.74, 6) is -0.0863. The van der Waals surface area contributed by atoms with E-state index < -0.39 is 0 Å². The van der Waals surface area contributed by atoms with Gasteiger partial charge >= 0.3 is 0 Å². The summed E-state index contributed by atoms with van der Waals surface area (Å²) in [5, 5.41) is 7.21. The third-order valence-electron chi connectivity index (χ3n) is 2.96. The lowest BCUT2D eigenvalue weighted by atomic mass is 10.2. The van der Waals surface area contributed by atoms with Crippen LogP contribution in [0, 0.1) is 20.8 Å². The standard InChI is InChI=1S/C14H18N4O/c1-9-8-13(5-6-15-9)16-14(19)12(4)18-11(3)7-10(2)17-18/h5-8,12H,1-4H3,(H,15,16,19)/t12-/m0/s1. The lowest BCUT2D eigenvalue weighted by molar-refractivity contribution is -0.119. The fraction of sp³-hybridized carbons (Fsp3) is 0.357. The van der Waals surface area contributed by atoms with Gasteiger partial charge in [-0.25, -0.2) is 0 Å². The van der Waals surface area contributed by atoms with Gasteiger partial charge in [0.25, 0.3) is 0 Å². The summed E-state index contributed by atoms with van der Waals surface area (Å²) in [6.45, 7) is 7.59. The van der Waals surface area contributed by atoms with Crippen LogP contribution in [0.15, 0.2) is 24.4 Å². The Morgan fingerprint density at radius 2 is 2.00 bits per heavy atom. The molecule has 2 heterocycles. The normalized spacial score (nSPS) is 12.2. The Morgan fingerprint density at radius 1 is 1.26 bits per heavy atom. The molecule has 0 unspecified atom stereocenters. The molecule has 1 N–H and O–H groups in total. The Morgan fingerprint density at radius 3 is 2.58 bits per heavy atom. The zero-order valence-corrected chi connectivity index (χ0v) is 11.6. The molecule has 0 saturated heterocycles. The molecule has 0 fully saturated rings. The van der Waals surface area contributed by atoms with Gasteiger partial charge in [0.1, 0.15) is 6.04 Å². The van der Waals surface area contributed by atoms with Crippen molar-refractivity contribution in [2.75, 3.05) is 5.32 Å². The highest BCUT2D eigenvalue weighted by molar-refractivity contribution is 5.93. The highest BCUT2D eigenvalue weighted by atomic mass is 16.2. The lowest BCUT2D eigenvalue weighted by Gasteiger charge is -2.14. The zero-order valence-electron chi connectivity index (χ0n) is 11.6. The van der Waals surface area contributed by atoms with Gasteiger partial charge in [-0.15, -0.1) is 0 Å². The minimum atomic E-state index is -0.345. The van der Waals surface area contributed by atoms with Gasteiger partial charge in [-0.1, -0.05) is 0 Å². The van der Waals surface area contributed by atoms with Gasteiger partial charge in [0.05, 0.1) is 5.69 Å². The first kappa shape index (κ1) is 13.3. The number of amides is 1. The van der Waals surface area contributed by atoms with Crippen molar-refractivity contribution >= 4 is 11.6 Å². The van der Waals surface area contributed by atoms with Gasteiger partial charge in [0, 0.05) is 23.3 Å². The Bertz CT molecular complexity index is 603. The summed E-state index contributed by atoms with van der Waals surface area (Å²) in [4.78, 5) is 16.3. The highest BCUT2D eigenvalue weighted by Crippen LogP contribution is 2.14. The van der Waals surface area contributed by atoms with E-state index in [9.17, 15) is 4.79 Å². The molecule has 1 atom stereocenters. The summed E-state index contributed by atoms with van der Waals surface area (Å²) in [6.07, 6.45) is 1.68. The number of pyridine rings is 1. The van der Waals surface area contributed by atoms with Crippen molar-refractivity contribution in [3.05, 3.63) is 41.5 Å². The second kappa shape index (κ2) is 5.22. The largest absolute Gasteiger partial charge is 0.324 e. The molecule has 5 heteroatoms. The van der Waals surface area contributed by atoms with Gasteiger partial charge in [-0.2, -0.15) is 5.10 Å². The Balaban J connectivity index is 2.14. The molecule has 1 amide bonds. The van der Waals surface area contributed by atoms with E-state index in [4.69, 9.17) is 0 Å². The van der Waals surface area contributed by atoms with E-state index in [1.165, 1.54) is 0 Å². The van der Waals surface area contributed by atoms with Crippen LogP contribution < -0.4 is 5.32 Å². The SMILES string of the molecule is Cc1cc(NC(=O)[C@H](C)n2nc(C)cc2C)ccn1. The molecule has 0 saturated carbocycles. The van der Waals surface area contributed by atoms with Crippen LogP contribution in [0.1, 0.15) is 30.0 Å². The van der Waals surface area contributed by atoms with Crippen LogP contribution in [0.25, 0.3) is 0 Å². The maximum absolute atomic E-state index is 12.2. The predicted molar refractivity (Wildman–Crippen MR) is 74.0 cm³/mol. The molecule has 0 bridgehead atoms. The van der Waals surface area contributed by atoms with Crippen LogP contribution in [0.3, 0.4) is 0 Å². The summed E-state index contributed by atoms with van der Waals surface area (Å²) in [6, 6.07) is 5.23. The van der Waals surface area contributed by atoms with Gasteiger partial charge in [-0.05, 0) is 45.9 Å². The van der Waals surface area contributed by atoms with Crippen LogP contribution in [0.2, 0.25) is 0 Å². The molecule has 2 aromatic heterocycles. The van der Waals surface area contributed by atoms with Crippen molar-refractivity contribution in [1.29, 1.82) is 0 Å². The molecule has 0 spiro atoms. The second-order valence-electron chi connectivity index (χ2n) is 4.72. The Labute approximate surface area is 112 Å². The first-order valence-corrected chi connectivity index (χ1v) is 6.23. The van der Waals surface area contributed by atoms with E-state index in [1.807, 2.05) is 39.8 Å². The Kier molecular flexibility index (Phi) is 3.64. The van der Waals surface area contributed by atoms with Crippen molar-refractivity contribution in [1.82, 2.24) is 14.8 Å². The number of anilines is 1. The topological polar surface area (TPSA) is 59.8 Å². The first-order valence-electron chi connectivity index (χ1n) is 6.23. The Hall–Kier alpha value is -2.17. The number of aryl methyl sites for hydroxylation is 3. The van der Waals surface area contributed by atoms with Crippen LogP contribution in [-0.2, 0) is 4.79 Å². The average Bonchev–Trinajstić information content (AvgIpc) is 2.67. The highest BCUT2D eigenvalue weighted by Gasteiger charge is 2.17. The van der Waals surface area contributed by atoms with Gasteiger partial charge in [0.2, 0.25) is 5.91 Å². The average molecular weight is 258 g/mol. The number of aromatic nitrogens is 3. The van der Waals surface area contributed by atoms with Crippen molar-refractivity contribution in [2.45, 2.75) is 33.7 Å². The van der Waals surface area contributed by atoms with Crippen LogP contribution in [-0.4, -0.2) is 20.7 Å². The van der Waals surface area contributed by atoms with E-state index in [1.54, 1.807) is 16.9 Å². The summed E-state index contributed by atoms with van der Waals surface area (Å²) in [7, 11) is 0. The van der Waals surface area contributed by atoms with Crippen LogP contribution in [0.4, 0.5) is 5.69 Å². The number of nitrogens with zero attached hydrogens (tertiary/aromatic N) is 3. The smallest absolute Gasteiger partial charge is 0.248 e. The molecule has 0 aliphatic heterocycles. The molecule has 100 valence electrons. The molecule has 0 aromatic carbocycles. The van der Waals surface area contributed by atoms with E-state index in [0.29, 0.717) is 0 Å². The molecule has 19 heavy (non-hydrogen) atoms. The quantitative estimate of drug-likeness (QED) is 0.919. The molecule has 0 radical (unpaired) electrons. The zero-order chi connectivity index (χ0) is 14.0. The fourth-order valence-corrected chi connectivity index (χ4v) is 2.02. The molecule has 2 rings (SSSR count). The predicted octanol–water partition coefficient (Wildman–Crippen LogP) is 2.40. The first-order chi connectivity index (χ1) is 8.97.